The van der Waals surface area contributed by atoms with Crippen molar-refractivity contribution in [1.29, 1.82) is 0 Å². The van der Waals surface area contributed by atoms with Crippen molar-refractivity contribution in [3.8, 4) is 0 Å². The molecule has 1 aromatic rings. The molecule has 4 aliphatic carbocycles. The lowest BCUT2D eigenvalue weighted by atomic mass is 9.46. The van der Waals surface area contributed by atoms with Gasteiger partial charge in [-0.15, -0.1) is 0 Å². The summed E-state index contributed by atoms with van der Waals surface area (Å²) in [6.07, 6.45) is 14.5. The van der Waals surface area contributed by atoms with Gasteiger partial charge in [0.15, 0.2) is 0 Å². The van der Waals surface area contributed by atoms with Gasteiger partial charge in [-0.2, -0.15) is 0 Å². The molecule has 0 spiro atoms. The molecular weight excluding hydrogens is 444 g/mol. The Balaban J connectivity index is 1.36. The number of fused-ring (bicyclic) bond motifs is 5. The van der Waals surface area contributed by atoms with Gasteiger partial charge in [0.1, 0.15) is 0 Å². The molecule has 194 valence electrons. The molecule has 8 atom stereocenters. The molecule has 0 radical (unpaired) electrons. The molecule has 4 aliphatic rings. The lowest BCUT2D eigenvalue weighted by Gasteiger charge is -2.59. The number of thioether (sulfide) groups is 1. The summed E-state index contributed by atoms with van der Waals surface area (Å²) in [5, 5.41) is 11.1. The van der Waals surface area contributed by atoms with Crippen LogP contribution < -0.4 is 0 Å². The molecule has 0 unspecified atom stereocenters. The molecule has 0 aromatic heterocycles. The number of allylic oxidation sites excluding steroid dienone is 1. The molecule has 0 saturated heterocycles. The normalized spacial score (nSPS) is 39.8. The number of hydrogen-bond donors (Lipinski definition) is 1. The zero-order valence-corrected chi connectivity index (χ0v) is 23.9. The van der Waals surface area contributed by atoms with Crippen LogP contribution in [-0.2, 0) is 0 Å². The summed E-state index contributed by atoms with van der Waals surface area (Å²) in [7, 11) is 0. The van der Waals surface area contributed by atoms with Crippen LogP contribution in [0.2, 0.25) is 0 Å². The molecule has 1 nitrogen and oxygen atoms in total. The third-order valence-electron chi connectivity index (χ3n) is 11.4. The minimum Gasteiger partial charge on any atom is -0.388 e. The van der Waals surface area contributed by atoms with E-state index in [0.717, 1.165) is 41.9 Å². The van der Waals surface area contributed by atoms with Crippen molar-refractivity contribution in [2.75, 3.05) is 0 Å². The van der Waals surface area contributed by atoms with Crippen molar-refractivity contribution in [3.05, 3.63) is 40.8 Å². The summed E-state index contributed by atoms with van der Waals surface area (Å²) in [6.45, 7) is 12.6. The topological polar surface area (TPSA) is 20.2 Å². The van der Waals surface area contributed by atoms with E-state index in [1.807, 2.05) is 11.8 Å². The van der Waals surface area contributed by atoms with E-state index in [-0.39, 0.29) is 6.10 Å². The molecule has 3 saturated carbocycles. The quantitative estimate of drug-likeness (QED) is 0.407. The minimum atomic E-state index is -0.267. The molecule has 1 aromatic carbocycles. The van der Waals surface area contributed by atoms with Crippen LogP contribution in [0.1, 0.15) is 105 Å². The predicted molar refractivity (Wildman–Crippen MR) is 150 cm³/mol. The first-order valence-corrected chi connectivity index (χ1v) is 15.7. The molecule has 1 N–H and O–H groups in total. The van der Waals surface area contributed by atoms with Gasteiger partial charge in [-0.3, -0.25) is 0 Å². The third-order valence-corrected chi connectivity index (χ3v) is 12.6. The van der Waals surface area contributed by atoms with Gasteiger partial charge in [0, 0.05) is 9.80 Å². The fourth-order valence-electron chi connectivity index (χ4n) is 9.58. The Morgan fingerprint density at radius 2 is 1.69 bits per heavy atom. The van der Waals surface area contributed by atoms with Gasteiger partial charge in [0.05, 0.1) is 6.10 Å². The van der Waals surface area contributed by atoms with E-state index in [4.69, 9.17) is 0 Å². The maximum absolute atomic E-state index is 11.1. The average molecular weight is 495 g/mol. The minimum absolute atomic E-state index is 0.267. The van der Waals surface area contributed by atoms with Gasteiger partial charge in [-0.25, -0.2) is 0 Å². The van der Waals surface area contributed by atoms with Crippen molar-refractivity contribution < 1.29 is 5.11 Å². The fourth-order valence-corrected chi connectivity index (χ4v) is 10.8. The van der Waals surface area contributed by atoms with Crippen molar-refractivity contribution in [2.45, 2.75) is 116 Å². The van der Waals surface area contributed by atoms with Crippen molar-refractivity contribution in [1.82, 2.24) is 0 Å². The van der Waals surface area contributed by atoms with E-state index >= 15 is 0 Å². The second-order valence-corrected chi connectivity index (χ2v) is 14.8. The van der Waals surface area contributed by atoms with E-state index < -0.39 is 0 Å². The van der Waals surface area contributed by atoms with Gasteiger partial charge < -0.3 is 5.11 Å². The first kappa shape index (κ1) is 25.9. The van der Waals surface area contributed by atoms with Gasteiger partial charge >= 0.3 is 0 Å². The number of aliphatic hydroxyl groups excluding tert-OH is 1. The Labute approximate surface area is 219 Å². The van der Waals surface area contributed by atoms with Gasteiger partial charge in [0.25, 0.3) is 0 Å². The Bertz CT molecular complexity index is 905. The van der Waals surface area contributed by atoms with Crippen LogP contribution in [-0.4, -0.2) is 11.2 Å². The van der Waals surface area contributed by atoms with Gasteiger partial charge in [-0.1, -0.05) is 89.4 Å². The molecule has 3 fully saturated rings. The maximum atomic E-state index is 11.1. The van der Waals surface area contributed by atoms with E-state index in [1.54, 1.807) is 5.57 Å². The number of benzene rings is 1. The summed E-state index contributed by atoms with van der Waals surface area (Å²) in [5.74, 6) is 5.30. The summed E-state index contributed by atoms with van der Waals surface area (Å²) in [6, 6.07) is 10.8. The Hall–Kier alpha value is -0.730. The first-order chi connectivity index (χ1) is 16.7. The monoisotopic (exact) mass is 494 g/mol. The molecule has 0 heterocycles. The average Bonchev–Trinajstić information content (AvgIpc) is 3.19. The molecule has 35 heavy (non-hydrogen) atoms. The van der Waals surface area contributed by atoms with E-state index in [9.17, 15) is 5.11 Å². The van der Waals surface area contributed by atoms with Gasteiger partial charge in [-0.05, 0) is 110 Å². The van der Waals surface area contributed by atoms with Crippen molar-refractivity contribution in [3.63, 3.8) is 0 Å². The Kier molecular flexibility index (Phi) is 7.55. The maximum Gasteiger partial charge on any atom is 0.0851 e. The van der Waals surface area contributed by atoms with E-state index in [2.05, 4.69) is 65.0 Å². The second kappa shape index (κ2) is 10.2. The number of hydrogen-bond acceptors (Lipinski definition) is 2. The van der Waals surface area contributed by atoms with Crippen LogP contribution in [0.3, 0.4) is 0 Å². The highest BCUT2D eigenvalue weighted by Crippen LogP contribution is 2.68. The first-order valence-electron chi connectivity index (χ1n) is 14.9. The fraction of sp³-hybridized carbons (Fsp3) is 0.758. The highest BCUT2D eigenvalue weighted by atomic mass is 32.2. The number of aliphatic hydroxyl groups is 1. The van der Waals surface area contributed by atoms with Crippen molar-refractivity contribution in [2.24, 2.45) is 46.3 Å². The predicted octanol–water partition coefficient (Wildman–Crippen LogP) is 9.51. The largest absolute Gasteiger partial charge is 0.388 e. The highest BCUT2D eigenvalue weighted by molar-refractivity contribution is 8.03. The molecular formula is C33H50OS. The van der Waals surface area contributed by atoms with E-state index in [0.29, 0.717) is 10.8 Å². The summed E-state index contributed by atoms with van der Waals surface area (Å²) in [4.78, 5) is 2.58. The van der Waals surface area contributed by atoms with Crippen LogP contribution >= 0.6 is 11.8 Å². The van der Waals surface area contributed by atoms with E-state index in [1.165, 1.54) is 74.0 Å². The Morgan fingerprint density at radius 1 is 0.914 bits per heavy atom. The Morgan fingerprint density at radius 3 is 2.43 bits per heavy atom. The summed E-state index contributed by atoms with van der Waals surface area (Å²) in [5.41, 5.74) is 2.49. The molecule has 2 heteroatoms. The van der Waals surface area contributed by atoms with Crippen LogP contribution in [0.25, 0.3) is 0 Å². The van der Waals surface area contributed by atoms with Crippen LogP contribution in [0.15, 0.2) is 45.7 Å². The molecule has 5 rings (SSSR count). The highest BCUT2D eigenvalue weighted by Gasteiger charge is 2.60. The second-order valence-electron chi connectivity index (χ2n) is 13.7. The summed E-state index contributed by atoms with van der Waals surface area (Å²) < 4.78 is 0. The molecule has 0 amide bonds. The van der Waals surface area contributed by atoms with Crippen molar-refractivity contribution >= 4 is 11.8 Å². The van der Waals surface area contributed by atoms with Crippen LogP contribution in [0.5, 0.6) is 0 Å². The zero-order valence-electron chi connectivity index (χ0n) is 23.1. The number of rotatable bonds is 7. The van der Waals surface area contributed by atoms with Crippen LogP contribution in [0.4, 0.5) is 0 Å². The smallest absolute Gasteiger partial charge is 0.0851 e. The standard InChI is InChI=1S/C33H50OS/c1-22(2)10-9-11-23(3)26-16-17-27-25-14-15-29-31(35-24-12-7-6-8-13-24)30(34)19-21-33(29,5)28(25)18-20-32(26,27)4/h6-8,12-13,22-23,25-28,30,34H,9-11,14-21H2,1-5H3/t23-,25+,26-,27+,28+,30+,32-,33-/m1/s1. The molecule has 0 bridgehead atoms. The zero-order chi connectivity index (χ0) is 24.8. The molecule has 0 aliphatic heterocycles. The lowest BCUT2D eigenvalue weighted by molar-refractivity contribution is -0.0630. The van der Waals surface area contributed by atoms with Crippen LogP contribution in [0, 0.1) is 46.3 Å². The third kappa shape index (κ3) is 4.69. The SMILES string of the molecule is CC(C)CCC[C@@H](C)[C@H]1CC[C@H]2[C@@H]3CCC4=C(Sc5ccccc5)[C@@H](O)CC[C@]4(C)[C@H]3CC[C@]12C. The van der Waals surface area contributed by atoms with Gasteiger partial charge in [0.2, 0.25) is 0 Å². The lowest BCUT2D eigenvalue weighted by Crippen LogP contribution is -2.51. The summed E-state index contributed by atoms with van der Waals surface area (Å²) >= 11 is 1.86.